The molecule has 0 aromatic heterocycles. The Morgan fingerprint density at radius 2 is 2.14 bits per heavy atom. The molecule has 0 spiro atoms. The second kappa shape index (κ2) is 3.58. The van der Waals surface area contributed by atoms with Crippen molar-refractivity contribution in [3.05, 3.63) is 0 Å². The first-order chi connectivity index (χ1) is 6.63. The number of aliphatic hydroxyl groups excluding tert-OH is 3. The van der Waals surface area contributed by atoms with Crippen molar-refractivity contribution < 1.29 is 20.1 Å². The van der Waals surface area contributed by atoms with Crippen molar-refractivity contribution in [1.29, 1.82) is 0 Å². The third-order valence-corrected chi connectivity index (χ3v) is 2.86. The van der Waals surface area contributed by atoms with E-state index >= 15 is 0 Å². The number of fused-ring (bicyclic) bond motifs is 1. The van der Waals surface area contributed by atoms with Gasteiger partial charge in [-0.05, 0) is 6.92 Å². The Morgan fingerprint density at radius 3 is 2.79 bits per heavy atom. The molecule has 0 amide bonds. The summed E-state index contributed by atoms with van der Waals surface area (Å²) in [6.45, 7) is 1.59. The van der Waals surface area contributed by atoms with E-state index in [1.165, 1.54) is 0 Å². The van der Waals surface area contributed by atoms with Crippen molar-refractivity contribution in [2.45, 2.75) is 43.8 Å². The number of nitrogens with zero attached hydrogens (tertiary/aromatic N) is 1. The van der Waals surface area contributed by atoms with E-state index in [1.54, 1.807) is 0 Å². The lowest BCUT2D eigenvalue weighted by atomic mass is 9.93. The lowest BCUT2D eigenvalue weighted by molar-refractivity contribution is -0.182. The summed E-state index contributed by atoms with van der Waals surface area (Å²) in [7, 11) is 0. The van der Waals surface area contributed by atoms with Gasteiger partial charge in [0.25, 0.3) is 0 Å². The average molecular weight is 201 g/mol. The fraction of sp³-hybridized carbons (Fsp3) is 0.889. The van der Waals surface area contributed by atoms with Crippen LogP contribution in [-0.2, 0) is 4.74 Å². The molecule has 0 bridgehead atoms. The van der Waals surface area contributed by atoms with E-state index in [9.17, 15) is 10.2 Å². The monoisotopic (exact) mass is 201 g/mol. The molecular formula is C9H15NO4. The zero-order valence-electron chi connectivity index (χ0n) is 8.00. The molecule has 2 aliphatic heterocycles. The van der Waals surface area contributed by atoms with Crippen LogP contribution in [0.5, 0.6) is 0 Å². The van der Waals surface area contributed by atoms with Gasteiger partial charge in [-0.2, -0.15) is 0 Å². The second-order valence-corrected chi connectivity index (χ2v) is 3.94. The highest BCUT2D eigenvalue weighted by Gasteiger charge is 2.46. The Balaban J connectivity index is 2.14. The fourth-order valence-electron chi connectivity index (χ4n) is 2.11. The minimum Gasteiger partial charge on any atom is -0.394 e. The van der Waals surface area contributed by atoms with Crippen molar-refractivity contribution in [2.24, 2.45) is 4.99 Å². The van der Waals surface area contributed by atoms with E-state index in [2.05, 4.69) is 4.99 Å². The van der Waals surface area contributed by atoms with Gasteiger partial charge in [0, 0.05) is 12.1 Å². The van der Waals surface area contributed by atoms with Gasteiger partial charge >= 0.3 is 0 Å². The molecular weight excluding hydrogens is 186 g/mol. The molecule has 0 aromatic rings. The molecule has 5 nitrogen and oxygen atoms in total. The third-order valence-electron chi connectivity index (χ3n) is 2.86. The van der Waals surface area contributed by atoms with Gasteiger partial charge in [0.05, 0.1) is 12.7 Å². The van der Waals surface area contributed by atoms with Crippen LogP contribution in [0.3, 0.4) is 0 Å². The van der Waals surface area contributed by atoms with Crippen LogP contribution in [0.25, 0.3) is 0 Å². The van der Waals surface area contributed by atoms with E-state index < -0.39 is 18.3 Å². The first-order valence-corrected chi connectivity index (χ1v) is 4.79. The SMILES string of the molecule is CC1=NC2C(C1)OC(CO)C(O)C2O. The van der Waals surface area contributed by atoms with Gasteiger partial charge in [-0.25, -0.2) is 0 Å². The van der Waals surface area contributed by atoms with Gasteiger partial charge in [0.15, 0.2) is 0 Å². The summed E-state index contributed by atoms with van der Waals surface area (Å²) < 4.78 is 5.44. The van der Waals surface area contributed by atoms with E-state index in [4.69, 9.17) is 9.84 Å². The largest absolute Gasteiger partial charge is 0.394 e. The highest BCUT2D eigenvalue weighted by Crippen LogP contribution is 2.29. The maximum Gasteiger partial charge on any atom is 0.110 e. The molecule has 5 unspecified atom stereocenters. The van der Waals surface area contributed by atoms with E-state index in [0.717, 1.165) is 5.71 Å². The standard InChI is InChI=1S/C9H15NO4/c1-4-2-5-7(10-4)9(13)8(12)6(3-11)14-5/h5-9,11-13H,2-3H2,1H3. The Labute approximate surface area is 82.0 Å². The normalized spacial score (nSPS) is 47.4. The van der Waals surface area contributed by atoms with Crippen molar-refractivity contribution in [3.63, 3.8) is 0 Å². The Hall–Kier alpha value is -0.490. The lowest BCUT2D eigenvalue weighted by Crippen LogP contribution is -2.56. The zero-order valence-corrected chi connectivity index (χ0v) is 8.00. The summed E-state index contributed by atoms with van der Waals surface area (Å²) >= 11 is 0. The zero-order chi connectivity index (χ0) is 10.3. The van der Waals surface area contributed by atoms with Crippen molar-refractivity contribution in [2.75, 3.05) is 6.61 Å². The van der Waals surface area contributed by atoms with Gasteiger partial charge in [-0.1, -0.05) is 0 Å². The van der Waals surface area contributed by atoms with Crippen LogP contribution in [0.2, 0.25) is 0 Å². The molecule has 3 N–H and O–H groups in total. The van der Waals surface area contributed by atoms with Crippen LogP contribution in [-0.4, -0.2) is 58.1 Å². The molecule has 80 valence electrons. The Morgan fingerprint density at radius 1 is 1.43 bits per heavy atom. The predicted octanol–water partition coefficient (Wildman–Crippen LogP) is -1.30. The second-order valence-electron chi connectivity index (χ2n) is 3.94. The molecule has 1 fully saturated rings. The van der Waals surface area contributed by atoms with Crippen LogP contribution < -0.4 is 0 Å². The minimum atomic E-state index is -1.05. The lowest BCUT2D eigenvalue weighted by Gasteiger charge is -2.38. The summed E-state index contributed by atoms with van der Waals surface area (Å²) in [5, 5.41) is 28.2. The summed E-state index contributed by atoms with van der Waals surface area (Å²) in [4.78, 5) is 4.21. The van der Waals surface area contributed by atoms with Crippen molar-refractivity contribution >= 4 is 5.71 Å². The van der Waals surface area contributed by atoms with Gasteiger partial charge in [-0.3, -0.25) is 4.99 Å². The fourth-order valence-corrected chi connectivity index (χ4v) is 2.11. The third kappa shape index (κ3) is 1.46. The quantitative estimate of drug-likeness (QED) is 0.492. The summed E-state index contributed by atoms with van der Waals surface area (Å²) in [6.07, 6.45) is -2.18. The van der Waals surface area contributed by atoms with Crippen LogP contribution in [0.1, 0.15) is 13.3 Å². The van der Waals surface area contributed by atoms with Gasteiger partial charge in [0.1, 0.15) is 24.4 Å². The first kappa shape index (κ1) is 10.0. The molecule has 2 heterocycles. The van der Waals surface area contributed by atoms with Crippen molar-refractivity contribution in [3.8, 4) is 0 Å². The maximum atomic E-state index is 9.72. The average Bonchev–Trinajstić information content (AvgIpc) is 2.52. The molecule has 0 aliphatic carbocycles. The molecule has 0 saturated carbocycles. The molecule has 2 rings (SSSR count). The predicted molar refractivity (Wildman–Crippen MR) is 49.3 cm³/mol. The smallest absolute Gasteiger partial charge is 0.110 e. The van der Waals surface area contributed by atoms with Crippen molar-refractivity contribution in [1.82, 2.24) is 0 Å². The molecule has 2 aliphatic rings. The molecule has 0 aromatic carbocycles. The first-order valence-electron chi connectivity index (χ1n) is 4.79. The molecule has 14 heavy (non-hydrogen) atoms. The molecule has 1 saturated heterocycles. The van der Waals surface area contributed by atoms with Gasteiger partial charge < -0.3 is 20.1 Å². The van der Waals surface area contributed by atoms with E-state index in [0.29, 0.717) is 6.42 Å². The highest BCUT2D eigenvalue weighted by atomic mass is 16.5. The number of hydrogen-bond donors (Lipinski definition) is 3. The summed E-state index contributed by atoms with van der Waals surface area (Å²) in [6, 6.07) is -0.368. The number of aliphatic hydroxyl groups is 3. The summed E-state index contributed by atoms with van der Waals surface area (Å²) in [5.74, 6) is 0. The number of rotatable bonds is 1. The van der Waals surface area contributed by atoms with Crippen LogP contribution >= 0.6 is 0 Å². The van der Waals surface area contributed by atoms with Gasteiger partial charge in [0.2, 0.25) is 0 Å². The van der Waals surface area contributed by atoms with E-state index in [1.807, 2.05) is 6.92 Å². The molecule has 5 atom stereocenters. The highest BCUT2D eigenvalue weighted by molar-refractivity contribution is 5.84. The summed E-state index contributed by atoms with van der Waals surface area (Å²) in [5.41, 5.74) is 0.921. The number of ether oxygens (including phenoxy) is 1. The number of aliphatic imine (C=N–C) groups is 1. The Bertz CT molecular complexity index is 255. The molecule has 0 radical (unpaired) electrons. The minimum absolute atomic E-state index is 0.189. The maximum absolute atomic E-state index is 9.72. The molecule has 5 heteroatoms. The Kier molecular flexibility index (Phi) is 2.57. The topological polar surface area (TPSA) is 82.3 Å². The number of hydrogen-bond acceptors (Lipinski definition) is 5. The van der Waals surface area contributed by atoms with Crippen LogP contribution in [0.15, 0.2) is 4.99 Å². The van der Waals surface area contributed by atoms with Crippen LogP contribution in [0.4, 0.5) is 0 Å². The van der Waals surface area contributed by atoms with Crippen LogP contribution in [0, 0.1) is 0 Å². The van der Waals surface area contributed by atoms with Gasteiger partial charge in [-0.15, -0.1) is 0 Å². The van der Waals surface area contributed by atoms with E-state index in [-0.39, 0.29) is 18.8 Å².